The zero-order valence-corrected chi connectivity index (χ0v) is 17.3. The number of carbonyl (C=O) groups is 2. The maximum absolute atomic E-state index is 12.5. The van der Waals surface area contributed by atoms with E-state index in [0.717, 1.165) is 0 Å². The summed E-state index contributed by atoms with van der Waals surface area (Å²) in [6.45, 7) is 9.83. The van der Waals surface area contributed by atoms with Gasteiger partial charge in [0.25, 0.3) is 11.8 Å². The highest BCUT2D eigenvalue weighted by molar-refractivity contribution is 7.80. The molecule has 0 saturated heterocycles. The molecule has 0 fully saturated rings. The molecule has 4 N–H and O–H groups in total. The Morgan fingerprint density at radius 1 is 1.12 bits per heavy atom. The van der Waals surface area contributed by atoms with Crippen molar-refractivity contribution in [2.45, 2.75) is 52.6 Å². The number of halogens is 1. The lowest BCUT2D eigenvalue weighted by molar-refractivity contribution is -0.123. The van der Waals surface area contributed by atoms with Crippen molar-refractivity contribution < 1.29 is 9.59 Å². The monoisotopic (exact) mass is 398 g/mol. The Morgan fingerprint density at radius 3 is 2.19 bits per heavy atom. The van der Waals surface area contributed by atoms with Gasteiger partial charge in [0, 0.05) is 16.1 Å². The maximum atomic E-state index is 12.5. The summed E-state index contributed by atoms with van der Waals surface area (Å²) >= 11 is 11.0. The van der Waals surface area contributed by atoms with Crippen LogP contribution in [0.15, 0.2) is 24.3 Å². The molecule has 0 aliphatic rings. The van der Waals surface area contributed by atoms with Gasteiger partial charge in [-0.05, 0) is 69.6 Å². The Hall–Kier alpha value is -1.86. The van der Waals surface area contributed by atoms with Crippen LogP contribution in [0, 0.1) is 5.92 Å². The summed E-state index contributed by atoms with van der Waals surface area (Å²) in [5.41, 5.74) is 5.42. The van der Waals surface area contributed by atoms with Gasteiger partial charge in [0.05, 0.1) is 0 Å². The van der Waals surface area contributed by atoms with Crippen molar-refractivity contribution in [1.29, 1.82) is 0 Å². The van der Waals surface area contributed by atoms with Crippen LogP contribution in [0.5, 0.6) is 0 Å². The van der Waals surface area contributed by atoms with Gasteiger partial charge in [0.15, 0.2) is 5.11 Å². The molecular formula is C18H27ClN4O2S. The normalized spacial score (nSPS) is 12.3. The molecule has 1 aromatic carbocycles. The molecule has 2 amide bonds. The number of amides is 2. The third-order valence-electron chi connectivity index (χ3n) is 3.22. The second-order valence-electron chi connectivity index (χ2n) is 7.48. The summed E-state index contributed by atoms with van der Waals surface area (Å²) in [5, 5.41) is 6.64. The number of thiocarbonyl (C=S) groups is 1. The van der Waals surface area contributed by atoms with E-state index >= 15 is 0 Å². The van der Waals surface area contributed by atoms with Crippen LogP contribution in [0.1, 0.15) is 51.4 Å². The Labute approximate surface area is 165 Å². The van der Waals surface area contributed by atoms with E-state index in [9.17, 15) is 9.59 Å². The number of hydrogen-bond donors (Lipinski definition) is 4. The molecule has 0 saturated carbocycles. The number of carbonyl (C=O) groups excluding carboxylic acids is 2. The van der Waals surface area contributed by atoms with Gasteiger partial charge >= 0.3 is 0 Å². The molecule has 144 valence electrons. The summed E-state index contributed by atoms with van der Waals surface area (Å²) < 4.78 is 0. The van der Waals surface area contributed by atoms with E-state index < -0.39 is 6.04 Å². The maximum Gasteiger partial charge on any atom is 0.260 e. The van der Waals surface area contributed by atoms with E-state index in [2.05, 4.69) is 21.5 Å². The van der Waals surface area contributed by atoms with Crippen molar-refractivity contribution in [1.82, 2.24) is 21.5 Å². The van der Waals surface area contributed by atoms with Gasteiger partial charge in [-0.1, -0.05) is 25.4 Å². The average Bonchev–Trinajstić information content (AvgIpc) is 2.50. The van der Waals surface area contributed by atoms with Crippen LogP contribution in [-0.2, 0) is 4.79 Å². The van der Waals surface area contributed by atoms with Gasteiger partial charge in [-0.25, -0.2) is 0 Å². The molecule has 8 heteroatoms. The van der Waals surface area contributed by atoms with Crippen LogP contribution in [0.2, 0.25) is 5.02 Å². The Kier molecular flexibility index (Phi) is 8.30. The molecule has 26 heavy (non-hydrogen) atoms. The fourth-order valence-electron chi connectivity index (χ4n) is 2.12. The second kappa shape index (κ2) is 9.73. The van der Waals surface area contributed by atoms with Gasteiger partial charge in [0.1, 0.15) is 6.04 Å². The number of benzene rings is 1. The summed E-state index contributed by atoms with van der Waals surface area (Å²) in [7, 11) is 0. The second-order valence-corrected chi connectivity index (χ2v) is 8.33. The van der Waals surface area contributed by atoms with Crippen molar-refractivity contribution in [3.63, 3.8) is 0 Å². The molecule has 0 aliphatic carbocycles. The Bertz CT molecular complexity index is 642. The zero-order chi connectivity index (χ0) is 19.9. The minimum absolute atomic E-state index is 0.218. The summed E-state index contributed by atoms with van der Waals surface area (Å²) in [6, 6.07) is 5.80. The minimum atomic E-state index is -0.692. The molecule has 0 radical (unpaired) electrons. The van der Waals surface area contributed by atoms with E-state index in [0.29, 0.717) is 22.1 Å². The number of hydrazine groups is 1. The Balaban J connectivity index is 2.70. The summed E-state index contributed by atoms with van der Waals surface area (Å²) in [4.78, 5) is 24.9. The molecule has 0 aromatic heterocycles. The molecule has 1 atom stereocenters. The van der Waals surface area contributed by atoms with E-state index in [1.807, 2.05) is 34.6 Å². The SMILES string of the molecule is CC(C)C[C@@H](NC(=O)c1ccc(Cl)cc1)C(=O)NNC(=S)NC(C)(C)C. The van der Waals surface area contributed by atoms with E-state index in [1.54, 1.807) is 24.3 Å². The molecule has 6 nitrogen and oxygen atoms in total. The highest BCUT2D eigenvalue weighted by atomic mass is 35.5. The molecule has 0 bridgehead atoms. The summed E-state index contributed by atoms with van der Waals surface area (Å²) in [6.07, 6.45) is 0.492. The average molecular weight is 399 g/mol. The topological polar surface area (TPSA) is 82.3 Å². The first-order valence-corrected chi connectivity index (χ1v) is 9.21. The highest BCUT2D eigenvalue weighted by Crippen LogP contribution is 2.11. The minimum Gasteiger partial charge on any atom is -0.357 e. The molecular weight excluding hydrogens is 372 g/mol. The molecule has 0 spiro atoms. The lowest BCUT2D eigenvalue weighted by Gasteiger charge is -2.24. The van der Waals surface area contributed by atoms with Crippen molar-refractivity contribution in [3.05, 3.63) is 34.9 Å². The van der Waals surface area contributed by atoms with Crippen molar-refractivity contribution in [3.8, 4) is 0 Å². The first-order valence-electron chi connectivity index (χ1n) is 8.42. The largest absolute Gasteiger partial charge is 0.357 e. The fraction of sp³-hybridized carbons (Fsp3) is 0.500. The fourth-order valence-corrected chi connectivity index (χ4v) is 2.61. The van der Waals surface area contributed by atoms with E-state index in [1.165, 1.54) is 0 Å². The lowest BCUT2D eigenvalue weighted by Crippen LogP contribution is -2.56. The molecule has 0 heterocycles. The van der Waals surface area contributed by atoms with Crippen molar-refractivity contribution in [2.24, 2.45) is 5.92 Å². The first-order chi connectivity index (χ1) is 12.0. The highest BCUT2D eigenvalue weighted by Gasteiger charge is 2.23. The third-order valence-corrected chi connectivity index (χ3v) is 3.68. The first kappa shape index (κ1) is 22.2. The molecule has 1 rings (SSSR count). The van der Waals surface area contributed by atoms with E-state index in [-0.39, 0.29) is 23.3 Å². The lowest BCUT2D eigenvalue weighted by atomic mass is 10.0. The van der Waals surface area contributed by atoms with Crippen LogP contribution < -0.4 is 21.5 Å². The predicted octanol–water partition coefficient (Wildman–Crippen LogP) is 2.78. The van der Waals surface area contributed by atoms with Gasteiger partial charge in [-0.2, -0.15) is 0 Å². The van der Waals surface area contributed by atoms with Crippen LogP contribution >= 0.6 is 23.8 Å². The predicted molar refractivity (Wildman–Crippen MR) is 109 cm³/mol. The van der Waals surface area contributed by atoms with Gasteiger partial charge in [0.2, 0.25) is 0 Å². The van der Waals surface area contributed by atoms with Crippen molar-refractivity contribution >= 4 is 40.7 Å². The van der Waals surface area contributed by atoms with Gasteiger partial charge < -0.3 is 10.6 Å². The standard InChI is InChI=1S/C18H27ClN4O2S/c1-11(2)10-14(16(25)22-23-17(26)21-18(3,4)5)20-15(24)12-6-8-13(19)9-7-12/h6-9,11,14H,10H2,1-5H3,(H,20,24)(H,22,25)(H2,21,23,26)/t14-/m1/s1. The Morgan fingerprint density at radius 2 is 1.69 bits per heavy atom. The smallest absolute Gasteiger partial charge is 0.260 e. The van der Waals surface area contributed by atoms with Crippen molar-refractivity contribution in [2.75, 3.05) is 0 Å². The quantitative estimate of drug-likeness (QED) is 0.453. The molecule has 1 aromatic rings. The van der Waals surface area contributed by atoms with Crippen LogP contribution in [0.25, 0.3) is 0 Å². The van der Waals surface area contributed by atoms with Crippen LogP contribution in [0.4, 0.5) is 0 Å². The number of hydrogen-bond acceptors (Lipinski definition) is 3. The van der Waals surface area contributed by atoms with Gasteiger partial charge in [-0.15, -0.1) is 0 Å². The van der Waals surface area contributed by atoms with Crippen LogP contribution in [-0.4, -0.2) is 28.5 Å². The number of nitrogens with one attached hydrogen (secondary N) is 4. The summed E-state index contributed by atoms with van der Waals surface area (Å²) in [5.74, 6) is -0.479. The third kappa shape index (κ3) is 8.49. The molecule has 0 aliphatic heterocycles. The van der Waals surface area contributed by atoms with Crippen LogP contribution in [0.3, 0.4) is 0 Å². The van der Waals surface area contributed by atoms with Gasteiger partial charge in [-0.3, -0.25) is 20.4 Å². The number of rotatable bonds is 5. The molecule has 0 unspecified atom stereocenters. The van der Waals surface area contributed by atoms with E-state index in [4.69, 9.17) is 23.8 Å². The zero-order valence-electron chi connectivity index (χ0n) is 15.8.